The predicted octanol–water partition coefficient (Wildman–Crippen LogP) is 1.66. The molecule has 0 radical (unpaired) electrons. The molecule has 1 aliphatic heterocycles. The predicted molar refractivity (Wildman–Crippen MR) is 84.6 cm³/mol. The standard InChI is InChI=1S/C14H20ClN5/c1-3-7-18-14(16-2)19-11-6-9-20(10-11)13-12(15)5-4-8-17-13/h3-5,8,11H,1,6-7,9-10H2,2H3,(H2,16,18,19). The van der Waals surface area contributed by atoms with Crippen LogP contribution in [-0.2, 0) is 0 Å². The van der Waals surface area contributed by atoms with E-state index >= 15 is 0 Å². The van der Waals surface area contributed by atoms with E-state index in [2.05, 4.69) is 32.1 Å². The Morgan fingerprint density at radius 2 is 2.55 bits per heavy atom. The maximum Gasteiger partial charge on any atom is 0.191 e. The van der Waals surface area contributed by atoms with Crippen LogP contribution in [0.15, 0.2) is 36.0 Å². The number of aliphatic imine (C=N–C) groups is 1. The zero-order valence-corrected chi connectivity index (χ0v) is 12.4. The van der Waals surface area contributed by atoms with E-state index in [-0.39, 0.29) is 0 Å². The van der Waals surface area contributed by atoms with E-state index in [0.29, 0.717) is 17.6 Å². The second-order valence-corrected chi connectivity index (χ2v) is 5.03. The van der Waals surface area contributed by atoms with Gasteiger partial charge >= 0.3 is 0 Å². The van der Waals surface area contributed by atoms with Crippen molar-refractivity contribution in [3.63, 3.8) is 0 Å². The highest BCUT2D eigenvalue weighted by atomic mass is 35.5. The molecule has 108 valence electrons. The van der Waals surface area contributed by atoms with Crippen LogP contribution in [-0.4, -0.2) is 43.7 Å². The Hall–Kier alpha value is -1.75. The van der Waals surface area contributed by atoms with E-state index in [1.54, 1.807) is 13.2 Å². The van der Waals surface area contributed by atoms with Crippen molar-refractivity contribution in [3.8, 4) is 0 Å². The van der Waals surface area contributed by atoms with E-state index in [1.807, 2.05) is 18.2 Å². The molecule has 0 bridgehead atoms. The van der Waals surface area contributed by atoms with Gasteiger partial charge in [-0.3, -0.25) is 4.99 Å². The summed E-state index contributed by atoms with van der Waals surface area (Å²) in [6.45, 7) is 6.18. The molecule has 5 nitrogen and oxygen atoms in total. The lowest BCUT2D eigenvalue weighted by molar-refractivity contribution is 0.654. The van der Waals surface area contributed by atoms with Crippen molar-refractivity contribution in [2.24, 2.45) is 4.99 Å². The molecule has 2 N–H and O–H groups in total. The first-order valence-electron chi connectivity index (χ1n) is 6.68. The van der Waals surface area contributed by atoms with Gasteiger partial charge in [-0.05, 0) is 18.6 Å². The number of guanidine groups is 1. The van der Waals surface area contributed by atoms with Crippen LogP contribution in [0.2, 0.25) is 5.02 Å². The molecule has 1 atom stereocenters. The Labute approximate surface area is 124 Å². The average molecular weight is 294 g/mol. The largest absolute Gasteiger partial charge is 0.353 e. The normalized spacial score (nSPS) is 19.0. The fraction of sp³-hybridized carbons (Fsp3) is 0.429. The van der Waals surface area contributed by atoms with Crippen molar-refractivity contribution in [3.05, 3.63) is 36.0 Å². The van der Waals surface area contributed by atoms with Gasteiger partial charge < -0.3 is 15.5 Å². The molecule has 2 heterocycles. The minimum absolute atomic E-state index is 0.337. The van der Waals surface area contributed by atoms with E-state index in [1.165, 1.54) is 0 Å². The molecule has 1 saturated heterocycles. The maximum absolute atomic E-state index is 6.18. The monoisotopic (exact) mass is 293 g/mol. The first kappa shape index (κ1) is 14.7. The number of hydrogen-bond donors (Lipinski definition) is 2. The third kappa shape index (κ3) is 3.63. The van der Waals surface area contributed by atoms with Gasteiger partial charge in [-0.1, -0.05) is 17.7 Å². The van der Waals surface area contributed by atoms with Crippen molar-refractivity contribution >= 4 is 23.4 Å². The van der Waals surface area contributed by atoms with Crippen LogP contribution in [0.4, 0.5) is 5.82 Å². The summed E-state index contributed by atoms with van der Waals surface area (Å²) < 4.78 is 0. The van der Waals surface area contributed by atoms with E-state index in [4.69, 9.17) is 11.6 Å². The molecule has 1 aromatic heterocycles. The summed E-state index contributed by atoms with van der Waals surface area (Å²) >= 11 is 6.18. The molecular weight excluding hydrogens is 274 g/mol. The van der Waals surface area contributed by atoms with Crippen molar-refractivity contribution < 1.29 is 0 Å². The van der Waals surface area contributed by atoms with Crippen LogP contribution in [0.5, 0.6) is 0 Å². The molecule has 0 aromatic carbocycles. The van der Waals surface area contributed by atoms with Crippen molar-refractivity contribution in [2.45, 2.75) is 12.5 Å². The van der Waals surface area contributed by atoms with E-state index < -0.39 is 0 Å². The molecule has 0 spiro atoms. The van der Waals surface area contributed by atoms with Crippen LogP contribution in [0.3, 0.4) is 0 Å². The van der Waals surface area contributed by atoms with Gasteiger partial charge in [-0.25, -0.2) is 4.98 Å². The van der Waals surface area contributed by atoms with E-state index in [0.717, 1.165) is 31.3 Å². The summed E-state index contributed by atoms with van der Waals surface area (Å²) in [6, 6.07) is 4.05. The summed E-state index contributed by atoms with van der Waals surface area (Å²) in [6.07, 6.45) is 4.61. The van der Waals surface area contributed by atoms with Gasteiger partial charge in [-0.15, -0.1) is 6.58 Å². The maximum atomic E-state index is 6.18. The molecule has 0 amide bonds. The second-order valence-electron chi connectivity index (χ2n) is 4.63. The minimum Gasteiger partial charge on any atom is -0.353 e. The van der Waals surface area contributed by atoms with Crippen molar-refractivity contribution in [1.82, 2.24) is 15.6 Å². The summed E-state index contributed by atoms with van der Waals surface area (Å²) in [5, 5.41) is 7.27. The quantitative estimate of drug-likeness (QED) is 0.504. The summed E-state index contributed by atoms with van der Waals surface area (Å²) in [5.74, 6) is 1.65. The van der Waals surface area contributed by atoms with E-state index in [9.17, 15) is 0 Å². The smallest absolute Gasteiger partial charge is 0.191 e. The van der Waals surface area contributed by atoms with Gasteiger partial charge in [0.05, 0.1) is 5.02 Å². The highest BCUT2D eigenvalue weighted by molar-refractivity contribution is 6.32. The first-order chi connectivity index (χ1) is 9.74. The Morgan fingerprint density at radius 1 is 1.70 bits per heavy atom. The highest BCUT2D eigenvalue weighted by Crippen LogP contribution is 2.25. The zero-order chi connectivity index (χ0) is 14.4. The Kier molecular flexibility index (Phi) is 5.24. The Balaban J connectivity index is 1.92. The number of rotatable bonds is 4. The Bertz CT molecular complexity index is 488. The fourth-order valence-corrected chi connectivity index (χ4v) is 2.48. The van der Waals surface area contributed by atoms with Gasteiger partial charge in [0, 0.05) is 38.9 Å². The molecule has 2 rings (SSSR count). The number of anilines is 1. The number of halogens is 1. The first-order valence-corrected chi connectivity index (χ1v) is 7.06. The fourth-order valence-electron chi connectivity index (χ4n) is 2.24. The molecular formula is C14H20ClN5. The lowest BCUT2D eigenvalue weighted by Gasteiger charge is -2.20. The topological polar surface area (TPSA) is 52.6 Å². The molecule has 0 saturated carbocycles. The van der Waals surface area contributed by atoms with Crippen molar-refractivity contribution in [1.29, 1.82) is 0 Å². The SMILES string of the molecule is C=CCNC(=NC)NC1CCN(c2ncccc2Cl)C1. The van der Waals surface area contributed by atoms with Gasteiger partial charge in [0.25, 0.3) is 0 Å². The molecule has 20 heavy (non-hydrogen) atoms. The molecule has 6 heteroatoms. The van der Waals surface area contributed by atoms with Gasteiger partial charge in [0.15, 0.2) is 5.96 Å². The van der Waals surface area contributed by atoms with Crippen LogP contribution < -0.4 is 15.5 Å². The molecule has 1 unspecified atom stereocenters. The van der Waals surface area contributed by atoms with Gasteiger partial charge in [0.1, 0.15) is 5.82 Å². The van der Waals surface area contributed by atoms with Crippen LogP contribution >= 0.6 is 11.6 Å². The summed E-state index contributed by atoms with van der Waals surface area (Å²) in [4.78, 5) is 10.7. The Morgan fingerprint density at radius 3 is 3.25 bits per heavy atom. The average Bonchev–Trinajstić information content (AvgIpc) is 2.92. The molecule has 1 fully saturated rings. The second kappa shape index (κ2) is 7.14. The lowest BCUT2D eigenvalue weighted by Crippen LogP contribution is -2.44. The van der Waals surface area contributed by atoms with Crippen LogP contribution in [0.1, 0.15) is 6.42 Å². The summed E-state index contributed by atoms with van der Waals surface area (Å²) in [7, 11) is 1.76. The molecule has 1 aliphatic rings. The number of aromatic nitrogens is 1. The minimum atomic E-state index is 0.337. The van der Waals surface area contributed by atoms with Crippen LogP contribution in [0.25, 0.3) is 0 Å². The molecule has 0 aliphatic carbocycles. The van der Waals surface area contributed by atoms with Crippen molar-refractivity contribution in [2.75, 3.05) is 31.6 Å². The number of nitrogens with zero attached hydrogens (tertiary/aromatic N) is 3. The third-order valence-electron chi connectivity index (χ3n) is 3.21. The number of pyridine rings is 1. The number of nitrogens with one attached hydrogen (secondary N) is 2. The molecule has 1 aromatic rings. The van der Waals surface area contributed by atoms with Crippen LogP contribution in [0, 0.1) is 0 Å². The lowest BCUT2D eigenvalue weighted by atomic mass is 10.3. The third-order valence-corrected chi connectivity index (χ3v) is 3.50. The number of hydrogen-bond acceptors (Lipinski definition) is 3. The van der Waals surface area contributed by atoms with Gasteiger partial charge in [0.2, 0.25) is 0 Å². The summed E-state index contributed by atoms with van der Waals surface area (Å²) in [5.41, 5.74) is 0. The highest BCUT2D eigenvalue weighted by Gasteiger charge is 2.25. The zero-order valence-electron chi connectivity index (χ0n) is 11.6. The van der Waals surface area contributed by atoms with Gasteiger partial charge in [-0.2, -0.15) is 0 Å².